The van der Waals surface area contributed by atoms with E-state index >= 15 is 0 Å². The molecule has 588 valence electrons. The summed E-state index contributed by atoms with van der Waals surface area (Å²) in [5, 5.41) is 0. The van der Waals surface area contributed by atoms with Gasteiger partial charge in [-0.2, -0.15) is 0 Å². The molecule has 0 N–H and O–H groups in total. The normalized spacial score (nSPS) is 14.2. The van der Waals surface area contributed by atoms with Crippen molar-refractivity contribution in [1.82, 2.24) is 0 Å². The van der Waals surface area contributed by atoms with Gasteiger partial charge in [0, 0.05) is 67.0 Å². The maximum atomic E-state index is 2.63. The lowest BCUT2D eigenvalue weighted by Crippen LogP contribution is -2.40. The lowest BCUT2D eigenvalue weighted by molar-refractivity contribution is 0.533. The number of anilines is 6. The summed E-state index contributed by atoms with van der Waals surface area (Å²) in [6, 6.07) is 94.7. The average molecular weight is 1510 g/mol. The van der Waals surface area contributed by atoms with E-state index in [2.05, 4.69) is 456 Å². The van der Waals surface area contributed by atoms with E-state index in [1.54, 1.807) is 0 Å². The second-order valence-electron chi connectivity index (χ2n) is 39.7. The number of nitrogens with zero attached hydrogens (tertiary/aromatic N) is 3. The van der Waals surface area contributed by atoms with Gasteiger partial charge in [-0.15, -0.1) is 0 Å². The monoisotopic (exact) mass is 1500 g/mol. The molecule has 0 radical (unpaired) electrons. The van der Waals surface area contributed by atoms with Crippen LogP contribution < -0.4 is 14.7 Å². The molecule has 0 fully saturated rings. The fourth-order valence-electron chi connectivity index (χ4n) is 19.9. The summed E-state index contributed by atoms with van der Waals surface area (Å²) in [7, 11) is 0. The summed E-state index contributed by atoms with van der Waals surface area (Å²) >= 11 is 0. The highest BCUT2D eigenvalue weighted by molar-refractivity contribution is 5.94. The van der Waals surface area contributed by atoms with Crippen LogP contribution in [0.25, 0.3) is 66.8 Å². The molecule has 3 heteroatoms. The summed E-state index contributed by atoms with van der Waals surface area (Å²) < 4.78 is 0. The number of benzene rings is 12. The van der Waals surface area contributed by atoms with Crippen molar-refractivity contribution in [1.29, 1.82) is 0 Å². The molecule has 0 heterocycles. The summed E-state index contributed by atoms with van der Waals surface area (Å²) in [4.78, 5) is 7.86. The Labute approximate surface area is 688 Å². The zero-order valence-corrected chi connectivity index (χ0v) is 74.2. The van der Waals surface area contributed by atoms with Crippen molar-refractivity contribution in [2.75, 3.05) is 14.7 Å². The second-order valence-corrected chi connectivity index (χ2v) is 39.7. The van der Waals surface area contributed by atoms with E-state index in [1.807, 2.05) is 0 Å². The SMILES string of the molecule is CC(C)(C)c1c(-c2ccccc2)cccc1N(c1ccc2c(c1C(C)(C)C)-c1ccccc1C2(C)C)C(C)(C)C.CC(C)c1c(-c2ccccc2)cccc1N(c1ccc2c(c1C(C)C)-c1ccccc1C2(C)C)C(C)(C)C.CCc1c(-c2ccccc2)cccc1N(c1ccc2c(c1CC)-c1ccccc1C2(C)C)C(C)(C)C. The van der Waals surface area contributed by atoms with E-state index in [9.17, 15) is 0 Å². The molecule has 12 aromatic carbocycles. The lowest BCUT2D eigenvalue weighted by Gasteiger charge is -2.44. The summed E-state index contributed by atoms with van der Waals surface area (Å²) in [6.07, 6.45) is 1.98. The van der Waals surface area contributed by atoms with Crippen molar-refractivity contribution in [3.05, 3.63) is 322 Å². The maximum Gasteiger partial charge on any atom is 0.0460 e. The highest BCUT2D eigenvalue weighted by atomic mass is 15.2. The molecule has 3 aliphatic rings. The molecule has 15 rings (SSSR count). The van der Waals surface area contributed by atoms with Gasteiger partial charge in [0.05, 0.1) is 0 Å². The number of rotatable bonds is 13. The third-order valence-electron chi connectivity index (χ3n) is 24.7. The Bertz CT molecular complexity index is 5510. The van der Waals surface area contributed by atoms with Crippen LogP contribution in [0.3, 0.4) is 0 Å². The van der Waals surface area contributed by atoms with E-state index in [0.29, 0.717) is 11.8 Å². The number of hydrogen-bond acceptors (Lipinski definition) is 3. The first kappa shape index (κ1) is 82.0. The molecule has 3 nitrogen and oxygen atoms in total. The van der Waals surface area contributed by atoms with Gasteiger partial charge in [-0.1, -0.05) is 343 Å². The standard InChI is InChI=1S/C39H47N.C37H43N.C35H39N/c1-36(2,3)34-27(26-18-13-12-14-19-26)21-17-23-31(34)40(38(7,8)9)32-25-24-30-33(35(32)37(4,5)6)28-20-15-16-22-29(28)39(30,10)11;1-24(2)33-27(26-16-11-10-12-17-26)19-15-21-31(33)38(36(5,6)7)32-23-22-30-35(34(32)25(3)4)28-18-13-14-20-29(28)37(30,8)9;1-8-25-27(24-16-11-10-12-17-24)19-15-21-31(25)36(34(3,4)5)32-23-22-30-33(26(32)9-2)28-18-13-14-20-29(28)35(30,6)7/h12-25H,1-11H3;10-25H,1-9H3;10-23H,8-9H2,1-7H3. The smallest absolute Gasteiger partial charge is 0.0460 e. The zero-order chi connectivity index (χ0) is 82.3. The van der Waals surface area contributed by atoms with E-state index in [1.165, 1.54) is 168 Å². The predicted octanol–water partition coefficient (Wildman–Crippen LogP) is 31.8. The van der Waals surface area contributed by atoms with Crippen LogP contribution in [0, 0.1) is 0 Å². The van der Waals surface area contributed by atoms with Crippen LogP contribution in [0.4, 0.5) is 34.1 Å². The molecule has 0 atom stereocenters. The van der Waals surface area contributed by atoms with E-state index in [4.69, 9.17) is 0 Å². The van der Waals surface area contributed by atoms with Crippen LogP contribution in [-0.4, -0.2) is 16.6 Å². The summed E-state index contributed by atoms with van der Waals surface area (Å²) in [5.41, 5.74) is 40.8. The Balaban J connectivity index is 0.000000149. The fourth-order valence-corrected chi connectivity index (χ4v) is 19.9. The fraction of sp³-hybridized carbons (Fsp3) is 0.351. The van der Waals surface area contributed by atoms with Crippen molar-refractivity contribution in [2.24, 2.45) is 0 Å². The summed E-state index contributed by atoms with van der Waals surface area (Å²) in [6.45, 7) is 63.6. The molecule has 0 bridgehead atoms. The Kier molecular flexibility index (Phi) is 22.1. The Hall–Kier alpha value is -9.96. The number of hydrogen-bond donors (Lipinski definition) is 0. The molecule has 0 spiro atoms. The van der Waals surface area contributed by atoms with Crippen molar-refractivity contribution in [2.45, 2.75) is 255 Å². The van der Waals surface area contributed by atoms with Crippen molar-refractivity contribution >= 4 is 34.1 Å². The quantitative estimate of drug-likeness (QED) is 0.114. The predicted molar refractivity (Wildman–Crippen MR) is 498 cm³/mol. The first-order chi connectivity index (χ1) is 53.7. The molecule has 3 aliphatic carbocycles. The van der Waals surface area contributed by atoms with Gasteiger partial charge in [-0.05, 0) is 268 Å². The van der Waals surface area contributed by atoms with Gasteiger partial charge in [-0.3, -0.25) is 0 Å². The maximum absolute atomic E-state index is 2.63. The van der Waals surface area contributed by atoms with Gasteiger partial charge in [-0.25, -0.2) is 0 Å². The van der Waals surface area contributed by atoms with Crippen molar-refractivity contribution < 1.29 is 0 Å². The minimum atomic E-state index is -0.156. The Morgan fingerprint density at radius 2 is 0.544 bits per heavy atom. The van der Waals surface area contributed by atoms with Crippen LogP contribution in [-0.2, 0) is 39.9 Å². The first-order valence-corrected chi connectivity index (χ1v) is 42.4. The van der Waals surface area contributed by atoms with Crippen LogP contribution in [0.1, 0.15) is 266 Å². The van der Waals surface area contributed by atoms with Gasteiger partial charge in [0.2, 0.25) is 0 Å². The van der Waals surface area contributed by atoms with Crippen LogP contribution >= 0.6 is 0 Å². The minimum Gasteiger partial charge on any atom is -0.336 e. The van der Waals surface area contributed by atoms with Gasteiger partial charge < -0.3 is 14.7 Å². The average Bonchev–Trinajstić information content (AvgIpc) is 1.52. The van der Waals surface area contributed by atoms with E-state index in [0.717, 1.165) is 12.8 Å². The topological polar surface area (TPSA) is 9.72 Å². The van der Waals surface area contributed by atoms with E-state index in [-0.39, 0.29) is 43.7 Å². The van der Waals surface area contributed by atoms with Gasteiger partial charge in [0.25, 0.3) is 0 Å². The molecule has 12 aromatic rings. The first-order valence-electron chi connectivity index (χ1n) is 42.4. The van der Waals surface area contributed by atoms with Gasteiger partial charge in [0.15, 0.2) is 0 Å². The van der Waals surface area contributed by atoms with Crippen LogP contribution in [0.5, 0.6) is 0 Å². The molecule has 114 heavy (non-hydrogen) atoms. The second kappa shape index (κ2) is 30.7. The highest BCUT2D eigenvalue weighted by Gasteiger charge is 2.45. The van der Waals surface area contributed by atoms with Gasteiger partial charge in [0.1, 0.15) is 0 Å². The zero-order valence-electron chi connectivity index (χ0n) is 74.2. The molecule has 0 saturated heterocycles. The van der Waals surface area contributed by atoms with Crippen molar-refractivity contribution in [3.63, 3.8) is 0 Å². The Morgan fingerprint density at radius 1 is 0.246 bits per heavy atom. The third-order valence-corrected chi connectivity index (χ3v) is 24.7. The Morgan fingerprint density at radius 3 is 0.982 bits per heavy atom. The van der Waals surface area contributed by atoms with Crippen LogP contribution in [0.15, 0.2) is 255 Å². The molecule has 0 amide bonds. The van der Waals surface area contributed by atoms with Crippen molar-refractivity contribution in [3.8, 4) is 66.8 Å². The lowest BCUT2D eigenvalue weighted by atomic mass is 9.76. The largest absolute Gasteiger partial charge is 0.336 e. The summed E-state index contributed by atoms with van der Waals surface area (Å²) in [5.74, 6) is 0.759. The minimum absolute atomic E-state index is 0.00300. The third kappa shape index (κ3) is 14.7. The highest BCUT2D eigenvalue weighted by Crippen LogP contribution is 2.60. The molecule has 0 aliphatic heterocycles. The van der Waals surface area contributed by atoms with Crippen LogP contribution in [0.2, 0.25) is 0 Å². The molecular formula is C111H129N3. The molecule has 0 unspecified atom stereocenters. The van der Waals surface area contributed by atoms with Gasteiger partial charge >= 0.3 is 0 Å². The molecule has 0 saturated carbocycles. The van der Waals surface area contributed by atoms with E-state index < -0.39 is 0 Å². The molecule has 0 aromatic heterocycles. The number of fused-ring (bicyclic) bond motifs is 9. The molecular weight excluding hydrogens is 1380 g/mol.